The second-order valence-electron chi connectivity index (χ2n) is 5.02. The number of halogens is 3. The Labute approximate surface area is 128 Å². The van der Waals surface area contributed by atoms with Crippen LogP contribution in [0.3, 0.4) is 0 Å². The maximum absolute atomic E-state index is 13.9. The van der Waals surface area contributed by atoms with Gasteiger partial charge in [0, 0.05) is 19.2 Å². The van der Waals surface area contributed by atoms with E-state index in [0.29, 0.717) is 17.9 Å². The maximum Gasteiger partial charge on any atom is 0.153 e. The summed E-state index contributed by atoms with van der Waals surface area (Å²) in [5, 5.41) is -0.364. The van der Waals surface area contributed by atoms with Crippen LogP contribution in [0, 0.1) is 11.6 Å². The van der Waals surface area contributed by atoms with Gasteiger partial charge < -0.3 is 9.47 Å². The molecule has 2 rings (SSSR count). The van der Waals surface area contributed by atoms with Crippen molar-refractivity contribution < 1.29 is 8.78 Å². The Morgan fingerprint density at radius 1 is 1.29 bits per heavy atom. The molecule has 3 nitrogen and oxygen atoms in total. The molecule has 1 aromatic heterocycles. The van der Waals surface area contributed by atoms with Crippen molar-refractivity contribution in [1.29, 1.82) is 0 Å². The third-order valence-electron chi connectivity index (χ3n) is 3.69. The number of rotatable bonds is 6. The second kappa shape index (κ2) is 6.71. The van der Waals surface area contributed by atoms with Crippen molar-refractivity contribution in [3.05, 3.63) is 29.6 Å². The Balaban J connectivity index is 2.46. The predicted octanol–water partition coefficient (Wildman–Crippen LogP) is 3.96. The highest BCUT2D eigenvalue weighted by Gasteiger charge is 2.18. The quantitative estimate of drug-likeness (QED) is 0.752. The van der Waals surface area contributed by atoms with Crippen molar-refractivity contribution in [2.75, 3.05) is 19.6 Å². The molecule has 0 N–H and O–H groups in total. The number of hydrogen-bond acceptors (Lipinski definition) is 2. The van der Waals surface area contributed by atoms with Crippen LogP contribution < -0.4 is 0 Å². The molecule has 0 radical (unpaired) electrons. The lowest BCUT2D eigenvalue weighted by atomic mass is 10.3. The Kier molecular flexibility index (Phi) is 5.17. The van der Waals surface area contributed by atoms with Gasteiger partial charge in [-0.15, -0.1) is 11.6 Å². The summed E-state index contributed by atoms with van der Waals surface area (Å²) in [6, 6.07) is 2.17. The molecule has 21 heavy (non-hydrogen) atoms. The lowest BCUT2D eigenvalue weighted by Crippen LogP contribution is -2.27. The molecule has 0 saturated heterocycles. The van der Waals surface area contributed by atoms with Gasteiger partial charge in [0.05, 0.1) is 10.9 Å². The third-order valence-corrected chi connectivity index (χ3v) is 3.89. The van der Waals surface area contributed by atoms with Gasteiger partial charge in [-0.1, -0.05) is 13.8 Å². The molecule has 0 bridgehead atoms. The zero-order chi connectivity index (χ0) is 15.6. The first-order valence-electron chi connectivity index (χ1n) is 7.19. The summed E-state index contributed by atoms with van der Waals surface area (Å²) in [5.41, 5.74) is 0.639. The summed E-state index contributed by atoms with van der Waals surface area (Å²) in [6.07, 6.45) is 0. The standard InChI is InChI=1S/C15H20ClF2N3/c1-4-20(5-2)6-7-21-13-9-11(17)8-12(18)14(13)19-15(21)10(3)16/h8-10H,4-7H2,1-3H3. The first-order valence-corrected chi connectivity index (χ1v) is 7.63. The number of alkyl halides is 1. The van der Waals surface area contributed by atoms with Crippen LogP contribution in [-0.4, -0.2) is 34.1 Å². The van der Waals surface area contributed by atoms with E-state index in [1.54, 1.807) is 6.92 Å². The van der Waals surface area contributed by atoms with Crippen molar-refractivity contribution in [2.45, 2.75) is 32.7 Å². The molecular formula is C15H20ClF2N3. The predicted molar refractivity (Wildman–Crippen MR) is 81.7 cm³/mol. The molecule has 0 saturated carbocycles. The average molecular weight is 316 g/mol. The van der Waals surface area contributed by atoms with Crippen LogP contribution in [0.1, 0.15) is 32.0 Å². The molecule has 0 aliphatic carbocycles. The van der Waals surface area contributed by atoms with Crippen molar-refractivity contribution in [3.63, 3.8) is 0 Å². The zero-order valence-electron chi connectivity index (χ0n) is 12.5. The molecule has 1 atom stereocenters. The van der Waals surface area contributed by atoms with Crippen LogP contribution in [0.2, 0.25) is 0 Å². The molecule has 1 aromatic carbocycles. The largest absolute Gasteiger partial charge is 0.325 e. The highest BCUT2D eigenvalue weighted by Crippen LogP contribution is 2.27. The molecule has 0 spiro atoms. The van der Waals surface area contributed by atoms with Crippen LogP contribution in [0.25, 0.3) is 11.0 Å². The van der Waals surface area contributed by atoms with Gasteiger partial charge in [0.15, 0.2) is 5.82 Å². The van der Waals surface area contributed by atoms with Gasteiger partial charge in [-0.2, -0.15) is 0 Å². The molecule has 0 aliphatic heterocycles. The molecule has 1 heterocycles. The molecule has 0 fully saturated rings. The van der Waals surface area contributed by atoms with Gasteiger partial charge >= 0.3 is 0 Å². The SMILES string of the molecule is CCN(CC)CCn1c(C(C)Cl)nc2c(F)cc(F)cc21. The monoisotopic (exact) mass is 315 g/mol. The molecule has 0 aliphatic rings. The number of aromatic nitrogens is 2. The summed E-state index contributed by atoms with van der Waals surface area (Å²) in [5.74, 6) is -0.675. The van der Waals surface area contributed by atoms with Crippen LogP contribution >= 0.6 is 11.6 Å². The van der Waals surface area contributed by atoms with E-state index in [4.69, 9.17) is 11.6 Å². The average Bonchev–Trinajstić information content (AvgIpc) is 2.79. The Morgan fingerprint density at radius 2 is 1.95 bits per heavy atom. The highest BCUT2D eigenvalue weighted by molar-refractivity contribution is 6.20. The van der Waals surface area contributed by atoms with E-state index in [1.807, 2.05) is 4.57 Å². The van der Waals surface area contributed by atoms with Crippen molar-refractivity contribution in [1.82, 2.24) is 14.5 Å². The molecule has 6 heteroatoms. The minimum absolute atomic E-state index is 0.179. The summed E-state index contributed by atoms with van der Waals surface area (Å²) in [7, 11) is 0. The number of nitrogens with zero attached hydrogens (tertiary/aromatic N) is 3. The minimum atomic E-state index is -0.648. The lowest BCUT2D eigenvalue weighted by Gasteiger charge is -2.19. The number of fused-ring (bicyclic) bond motifs is 1. The Morgan fingerprint density at radius 3 is 2.52 bits per heavy atom. The number of imidazole rings is 1. The van der Waals surface area contributed by atoms with Gasteiger partial charge in [0.1, 0.15) is 17.2 Å². The summed E-state index contributed by atoms with van der Waals surface area (Å²) >= 11 is 6.14. The highest BCUT2D eigenvalue weighted by atomic mass is 35.5. The molecule has 1 unspecified atom stereocenters. The molecular weight excluding hydrogens is 296 g/mol. The van der Waals surface area contributed by atoms with E-state index in [9.17, 15) is 8.78 Å². The normalized spacial score (nSPS) is 13.3. The van der Waals surface area contributed by atoms with Crippen LogP contribution in [0.15, 0.2) is 12.1 Å². The Bertz CT molecular complexity index is 621. The Hall–Kier alpha value is -1.20. The fraction of sp³-hybridized carbons (Fsp3) is 0.533. The topological polar surface area (TPSA) is 21.1 Å². The second-order valence-corrected chi connectivity index (χ2v) is 5.67. The summed E-state index contributed by atoms with van der Waals surface area (Å²) in [4.78, 5) is 6.49. The van der Waals surface area contributed by atoms with Crippen molar-refractivity contribution in [2.24, 2.45) is 0 Å². The molecule has 2 aromatic rings. The summed E-state index contributed by atoms with van der Waals surface area (Å²) < 4.78 is 29.2. The van der Waals surface area contributed by atoms with Gasteiger partial charge in [-0.05, 0) is 26.1 Å². The summed E-state index contributed by atoms with van der Waals surface area (Å²) in [6.45, 7) is 9.20. The van der Waals surface area contributed by atoms with Crippen molar-refractivity contribution >= 4 is 22.6 Å². The molecule has 116 valence electrons. The fourth-order valence-electron chi connectivity index (χ4n) is 2.49. The maximum atomic E-state index is 13.9. The van der Waals surface area contributed by atoms with Crippen LogP contribution in [0.4, 0.5) is 8.78 Å². The van der Waals surface area contributed by atoms with E-state index in [2.05, 4.69) is 23.7 Å². The van der Waals surface area contributed by atoms with Gasteiger partial charge in [0.25, 0.3) is 0 Å². The van der Waals surface area contributed by atoms with Crippen LogP contribution in [0.5, 0.6) is 0 Å². The fourth-order valence-corrected chi connectivity index (χ4v) is 2.65. The zero-order valence-corrected chi connectivity index (χ0v) is 13.3. The van der Waals surface area contributed by atoms with E-state index in [-0.39, 0.29) is 10.9 Å². The lowest BCUT2D eigenvalue weighted by molar-refractivity contribution is 0.290. The van der Waals surface area contributed by atoms with E-state index in [1.165, 1.54) is 6.07 Å². The van der Waals surface area contributed by atoms with Gasteiger partial charge in [-0.3, -0.25) is 0 Å². The minimum Gasteiger partial charge on any atom is -0.325 e. The number of likely N-dealkylation sites (N-methyl/N-ethyl adjacent to an activating group) is 1. The third kappa shape index (κ3) is 3.35. The van der Waals surface area contributed by atoms with E-state index in [0.717, 1.165) is 25.7 Å². The van der Waals surface area contributed by atoms with Crippen LogP contribution in [-0.2, 0) is 6.54 Å². The number of benzene rings is 1. The molecule has 0 amide bonds. The van der Waals surface area contributed by atoms with Gasteiger partial charge in [-0.25, -0.2) is 13.8 Å². The first kappa shape index (κ1) is 16.2. The van der Waals surface area contributed by atoms with Gasteiger partial charge in [0.2, 0.25) is 0 Å². The van der Waals surface area contributed by atoms with E-state index >= 15 is 0 Å². The number of hydrogen-bond donors (Lipinski definition) is 0. The first-order chi connectivity index (χ1) is 9.97. The van der Waals surface area contributed by atoms with Crippen molar-refractivity contribution in [3.8, 4) is 0 Å². The van der Waals surface area contributed by atoms with E-state index < -0.39 is 11.6 Å². The smallest absolute Gasteiger partial charge is 0.153 e.